The lowest BCUT2D eigenvalue weighted by atomic mass is 9.56. The number of hydrogen-bond acceptors (Lipinski definition) is 6. The summed E-state index contributed by atoms with van der Waals surface area (Å²) in [5.74, 6) is 1.82. The lowest BCUT2D eigenvalue weighted by Gasteiger charge is -2.53. The SMILES string of the molecule is NC(=O)Cc1cc(OC2CCC2)c2cc(N3CCC4(CC3)CC(Cc3c(-c5ccccc5C(F)(F)F)noc3C3CC3)C4)ccc2n1. The molecule has 4 aliphatic rings. The third-order valence-corrected chi connectivity index (χ3v) is 10.9. The summed E-state index contributed by atoms with van der Waals surface area (Å²) in [4.78, 5) is 18.7. The molecule has 0 bridgehead atoms. The number of nitrogens with zero attached hydrogens (tertiary/aromatic N) is 3. The number of halogens is 3. The van der Waals surface area contributed by atoms with Gasteiger partial charge in [0, 0.05) is 47.3 Å². The van der Waals surface area contributed by atoms with E-state index < -0.39 is 17.6 Å². The monoisotopic (exact) mass is 644 g/mol. The predicted octanol–water partition coefficient (Wildman–Crippen LogP) is 7.98. The van der Waals surface area contributed by atoms with E-state index in [2.05, 4.69) is 22.2 Å². The maximum absolute atomic E-state index is 13.9. The van der Waals surface area contributed by atoms with Crippen molar-refractivity contribution in [2.75, 3.05) is 18.0 Å². The summed E-state index contributed by atoms with van der Waals surface area (Å²) in [5, 5.41) is 5.19. The Morgan fingerprint density at radius 2 is 1.81 bits per heavy atom. The molecule has 3 heterocycles. The Balaban J connectivity index is 0.961. The van der Waals surface area contributed by atoms with Crippen LogP contribution in [0, 0.1) is 11.3 Å². The Labute approximate surface area is 271 Å². The van der Waals surface area contributed by atoms with Crippen molar-refractivity contribution in [3.05, 3.63) is 71.1 Å². The molecule has 0 unspecified atom stereocenters. The van der Waals surface area contributed by atoms with Gasteiger partial charge in [0.25, 0.3) is 0 Å². The lowest BCUT2D eigenvalue weighted by molar-refractivity contribution is -0.137. The van der Waals surface area contributed by atoms with E-state index in [-0.39, 0.29) is 29.4 Å². The first-order valence-corrected chi connectivity index (χ1v) is 16.9. The maximum Gasteiger partial charge on any atom is 0.417 e. The van der Waals surface area contributed by atoms with Gasteiger partial charge in [-0.2, -0.15) is 13.2 Å². The van der Waals surface area contributed by atoms with Gasteiger partial charge in [0.05, 0.1) is 29.3 Å². The smallest absolute Gasteiger partial charge is 0.417 e. The number of pyridine rings is 1. The number of fused-ring (bicyclic) bond motifs is 1. The number of benzene rings is 2. The lowest BCUT2D eigenvalue weighted by Crippen LogP contribution is -2.47. The Hall–Kier alpha value is -4.08. The Morgan fingerprint density at radius 1 is 1.04 bits per heavy atom. The molecule has 0 atom stereocenters. The van der Waals surface area contributed by atoms with Gasteiger partial charge >= 0.3 is 6.18 Å². The topological polar surface area (TPSA) is 94.5 Å². The highest BCUT2D eigenvalue weighted by atomic mass is 19.4. The van der Waals surface area contributed by atoms with Gasteiger partial charge in [-0.3, -0.25) is 9.78 Å². The molecule has 4 fully saturated rings. The molecule has 3 saturated carbocycles. The summed E-state index contributed by atoms with van der Waals surface area (Å²) in [5.41, 5.74) is 8.98. The van der Waals surface area contributed by atoms with Crippen molar-refractivity contribution in [3.8, 4) is 17.0 Å². The van der Waals surface area contributed by atoms with Gasteiger partial charge in [-0.25, -0.2) is 0 Å². The number of aromatic nitrogens is 2. The highest BCUT2D eigenvalue weighted by Gasteiger charge is 2.47. The number of rotatable bonds is 9. The molecule has 1 aliphatic heterocycles. The van der Waals surface area contributed by atoms with Gasteiger partial charge < -0.3 is 19.9 Å². The Morgan fingerprint density at radius 3 is 2.49 bits per heavy atom. The highest BCUT2D eigenvalue weighted by molar-refractivity contribution is 5.89. The molecule has 2 aromatic heterocycles. The molecule has 4 aromatic rings. The van der Waals surface area contributed by atoms with Gasteiger partial charge in [0.2, 0.25) is 5.91 Å². The van der Waals surface area contributed by atoms with Crippen molar-refractivity contribution < 1.29 is 27.2 Å². The van der Waals surface area contributed by atoms with Crippen molar-refractivity contribution in [1.29, 1.82) is 0 Å². The molecule has 1 spiro atoms. The number of ether oxygens (including phenoxy) is 1. The fourth-order valence-electron chi connectivity index (χ4n) is 8.05. The predicted molar refractivity (Wildman–Crippen MR) is 172 cm³/mol. The molecule has 246 valence electrons. The third-order valence-electron chi connectivity index (χ3n) is 10.9. The molecule has 1 saturated heterocycles. The van der Waals surface area contributed by atoms with Crippen LogP contribution in [0.5, 0.6) is 5.75 Å². The second kappa shape index (κ2) is 11.6. The number of carbonyl (C=O) groups is 1. The van der Waals surface area contributed by atoms with Crippen molar-refractivity contribution in [1.82, 2.24) is 10.1 Å². The second-order valence-corrected chi connectivity index (χ2v) is 14.3. The molecule has 10 heteroatoms. The molecule has 47 heavy (non-hydrogen) atoms. The van der Waals surface area contributed by atoms with E-state index in [4.69, 9.17) is 20.0 Å². The molecule has 2 N–H and O–H groups in total. The average molecular weight is 645 g/mol. The molecular weight excluding hydrogens is 605 g/mol. The van der Waals surface area contributed by atoms with Crippen LogP contribution in [-0.2, 0) is 23.8 Å². The van der Waals surface area contributed by atoms with Crippen LogP contribution in [0.1, 0.15) is 86.3 Å². The standard InChI is InChI=1S/C37H39F3N4O3/c38-37(39,40)30-7-2-1-6-27(30)34-29(35(47-43-34)23-8-9-23)16-22-20-36(21-22)12-14-44(15-13-36)25-10-11-31-28(19-25)32(46-26-4-3-5-26)17-24(42-31)18-33(41)45/h1-2,6-7,10-11,17,19,22-23,26H,3-5,8-9,12-16,18,20-21H2,(H2,41,45). The van der Waals surface area contributed by atoms with Gasteiger partial charge in [0.1, 0.15) is 17.2 Å². The Bertz CT molecular complexity index is 1810. The minimum Gasteiger partial charge on any atom is -0.490 e. The molecule has 1 amide bonds. The summed E-state index contributed by atoms with van der Waals surface area (Å²) < 4.78 is 53.8. The van der Waals surface area contributed by atoms with Crippen LogP contribution in [0.4, 0.5) is 18.9 Å². The fraction of sp³-hybridized carbons (Fsp3) is 0.486. The van der Waals surface area contributed by atoms with Gasteiger partial charge in [-0.05, 0) is 99.8 Å². The maximum atomic E-state index is 13.9. The first kappa shape index (κ1) is 30.3. The largest absolute Gasteiger partial charge is 0.490 e. The van der Waals surface area contributed by atoms with Crippen LogP contribution >= 0.6 is 0 Å². The van der Waals surface area contributed by atoms with Gasteiger partial charge in [-0.15, -0.1) is 0 Å². The van der Waals surface area contributed by atoms with Crippen molar-refractivity contribution in [3.63, 3.8) is 0 Å². The minimum atomic E-state index is -4.46. The van der Waals surface area contributed by atoms with Crippen molar-refractivity contribution in [2.24, 2.45) is 17.1 Å². The molecule has 2 aromatic carbocycles. The number of alkyl halides is 3. The van der Waals surface area contributed by atoms with E-state index in [0.717, 1.165) is 111 Å². The first-order valence-electron chi connectivity index (χ1n) is 16.9. The third kappa shape index (κ3) is 5.95. The quantitative estimate of drug-likeness (QED) is 0.199. The van der Waals surface area contributed by atoms with E-state index >= 15 is 0 Å². The van der Waals surface area contributed by atoms with E-state index in [1.54, 1.807) is 6.07 Å². The number of anilines is 1. The number of nitrogens with two attached hydrogens (primary N) is 1. The fourth-order valence-corrected chi connectivity index (χ4v) is 8.05. The molecular formula is C37H39F3N4O3. The number of carbonyl (C=O) groups excluding carboxylic acids is 1. The zero-order valence-electron chi connectivity index (χ0n) is 26.3. The number of primary amides is 1. The molecule has 3 aliphatic carbocycles. The first-order chi connectivity index (χ1) is 22.6. The average Bonchev–Trinajstić information content (AvgIpc) is 3.77. The molecule has 8 rings (SSSR count). The van der Waals surface area contributed by atoms with Crippen LogP contribution in [0.2, 0.25) is 0 Å². The molecule has 0 radical (unpaired) electrons. The van der Waals surface area contributed by atoms with E-state index in [9.17, 15) is 18.0 Å². The van der Waals surface area contributed by atoms with Crippen LogP contribution in [0.15, 0.2) is 53.1 Å². The van der Waals surface area contributed by atoms with E-state index in [1.807, 2.05) is 12.1 Å². The number of piperidine rings is 1. The summed E-state index contributed by atoms with van der Waals surface area (Å²) >= 11 is 0. The summed E-state index contributed by atoms with van der Waals surface area (Å²) in [6.45, 7) is 1.88. The molecule has 7 nitrogen and oxygen atoms in total. The van der Waals surface area contributed by atoms with Crippen LogP contribution < -0.4 is 15.4 Å². The second-order valence-electron chi connectivity index (χ2n) is 14.3. The van der Waals surface area contributed by atoms with Gasteiger partial charge in [-0.1, -0.05) is 23.4 Å². The van der Waals surface area contributed by atoms with Crippen LogP contribution in [0.25, 0.3) is 22.2 Å². The van der Waals surface area contributed by atoms with Crippen molar-refractivity contribution >= 4 is 22.5 Å². The van der Waals surface area contributed by atoms with E-state index in [0.29, 0.717) is 23.7 Å². The zero-order chi connectivity index (χ0) is 32.3. The normalized spacial score (nSPS) is 19.9. The number of amides is 1. The summed E-state index contributed by atoms with van der Waals surface area (Å²) in [6, 6.07) is 13.9. The summed E-state index contributed by atoms with van der Waals surface area (Å²) in [7, 11) is 0. The number of hydrogen-bond donors (Lipinski definition) is 1. The highest BCUT2D eigenvalue weighted by Crippen LogP contribution is 2.55. The summed E-state index contributed by atoms with van der Waals surface area (Å²) in [6.07, 6.45) is 6.05. The van der Waals surface area contributed by atoms with E-state index in [1.165, 1.54) is 12.1 Å². The van der Waals surface area contributed by atoms with Crippen molar-refractivity contribution in [2.45, 2.75) is 88.8 Å². The Kier molecular flexibility index (Phi) is 7.44. The minimum absolute atomic E-state index is 0.0785. The van der Waals surface area contributed by atoms with Gasteiger partial charge in [0.15, 0.2) is 0 Å². The van der Waals surface area contributed by atoms with Crippen LogP contribution in [-0.4, -0.2) is 35.2 Å². The van der Waals surface area contributed by atoms with Crippen LogP contribution in [0.3, 0.4) is 0 Å². The zero-order valence-corrected chi connectivity index (χ0v) is 26.3.